The van der Waals surface area contributed by atoms with Crippen molar-refractivity contribution in [1.29, 1.82) is 0 Å². The number of azo groups is 2. The van der Waals surface area contributed by atoms with E-state index in [4.69, 9.17) is 4.74 Å². The molecule has 1 aliphatic rings. The monoisotopic (exact) mass is 371 g/mol. The molecule has 1 aliphatic heterocycles. The van der Waals surface area contributed by atoms with Crippen molar-refractivity contribution in [1.82, 2.24) is 0 Å². The van der Waals surface area contributed by atoms with E-state index in [1.165, 1.54) is 5.56 Å². The second kappa shape index (κ2) is 8.54. The number of hydrogen-bond donors (Lipinski definition) is 0. The molecule has 1 saturated heterocycles. The fourth-order valence-electron chi connectivity index (χ4n) is 2.78. The van der Waals surface area contributed by atoms with E-state index in [1.807, 2.05) is 79.7 Å². The first-order valence-electron chi connectivity index (χ1n) is 9.19. The van der Waals surface area contributed by atoms with Crippen LogP contribution in [0.15, 0.2) is 93.3 Å². The van der Waals surface area contributed by atoms with Gasteiger partial charge >= 0.3 is 0 Å². The van der Waals surface area contributed by atoms with E-state index in [-0.39, 0.29) is 0 Å². The zero-order valence-electron chi connectivity index (χ0n) is 15.7. The molecule has 4 rings (SSSR count). The van der Waals surface area contributed by atoms with Crippen molar-refractivity contribution in [3.05, 3.63) is 78.4 Å². The van der Waals surface area contributed by atoms with Gasteiger partial charge in [-0.05, 0) is 67.6 Å². The summed E-state index contributed by atoms with van der Waals surface area (Å²) in [6.45, 7) is 4.40. The number of anilines is 1. The van der Waals surface area contributed by atoms with E-state index in [2.05, 4.69) is 25.4 Å². The lowest BCUT2D eigenvalue weighted by Crippen LogP contribution is -2.17. The fraction of sp³-hybridized carbons (Fsp3) is 0.182. The van der Waals surface area contributed by atoms with Crippen LogP contribution in [0.2, 0.25) is 0 Å². The Morgan fingerprint density at radius 2 is 1.07 bits per heavy atom. The Hall–Kier alpha value is -3.38. The number of benzene rings is 3. The van der Waals surface area contributed by atoms with Gasteiger partial charge in [0.15, 0.2) is 0 Å². The second-order valence-electron chi connectivity index (χ2n) is 6.57. The predicted octanol–water partition coefficient (Wildman–Crippen LogP) is 6.62. The van der Waals surface area contributed by atoms with Gasteiger partial charge in [0, 0.05) is 12.2 Å². The average Bonchev–Trinajstić information content (AvgIpc) is 3.28. The number of aryl methyl sites for hydroxylation is 1. The van der Waals surface area contributed by atoms with Gasteiger partial charge in [0.1, 0.15) is 6.73 Å². The van der Waals surface area contributed by atoms with Crippen LogP contribution < -0.4 is 4.90 Å². The molecule has 140 valence electrons. The summed E-state index contributed by atoms with van der Waals surface area (Å²) in [6, 6.07) is 23.4. The SMILES string of the molecule is Cc1ccc(N=Nc2ccc(N=Nc3ccc(N4CCOC4)cc3)cc2)cc1. The zero-order valence-corrected chi connectivity index (χ0v) is 15.7. The number of rotatable bonds is 5. The highest BCUT2D eigenvalue weighted by Crippen LogP contribution is 2.25. The number of ether oxygens (including phenoxy) is 1. The van der Waals surface area contributed by atoms with Crippen molar-refractivity contribution in [3.63, 3.8) is 0 Å². The summed E-state index contributed by atoms with van der Waals surface area (Å²) in [7, 11) is 0. The molecule has 0 amide bonds. The summed E-state index contributed by atoms with van der Waals surface area (Å²) in [4.78, 5) is 2.19. The quantitative estimate of drug-likeness (QED) is 0.473. The van der Waals surface area contributed by atoms with E-state index in [1.54, 1.807) is 0 Å². The minimum Gasteiger partial charge on any atom is -0.359 e. The van der Waals surface area contributed by atoms with Crippen molar-refractivity contribution in [2.75, 3.05) is 24.8 Å². The summed E-state index contributed by atoms with van der Waals surface area (Å²) in [5.41, 5.74) is 5.53. The Bertz CT molecular complexity index is 957. The van der Waals surface area contributed by atoms with Crippen molar-refractivity contribution in [3.8, 4) is 0 Å². The van der Waals surface area contributed by atoms with Crippen molar-refractivity contribution < 1.29 is 4.74 Å². The van der Waals surface area contributed by atoms with Crippen LogP contribution in [0.4, 0.5) is 28.4 Å². The van der Waals surface area contributed by atoms with Gasteiger partial charge in [0.05, 0.1) is 29.4 Å². The Morgan fingerprint density at radius 1 is 0.643 bits per heavy atom. The Kier molecular flexibility index (Phi) is 5.49. The van der Waals surface area contributed by atoms with Gasteiger partial charge in [-0.3, -0.25) is 0 Å². The minimum absolute atomic E-state index is 0.647. The Balaban J connectivity index is 1.37. The molecular formula is C22H21N5O. The highest BCUT2D eigenvalue weighted by Gasteiger charge is 2.11. The molecule has 0 N–H and O–H groups in total. The summed E-state index contributed by atoms with van der Waals surface area (Å²) in [5.74, 6) is 0. The highest BCUT2D eigenvalue weighted by molar-refractivity contribution is 5.53. The normalized spacial score (nSPS) is 14.4. The van der Waals surface area contributed by atoms with E-state index >= 15 is 0 Å². The van der Waals surface area contributed by atoms with Gasteiger partial charge < -0.3 is 9.64 Å². The van der Waals surface area contributed by atoms with E-state index in [0.29, 0.717) is 6.73 Å². The van der Waals surface area contributed by atoms with Crippen LogP contribution in [-0.2, 0) is 4.74 Å². The summed E-state index contributed by atoms with van der Waals surface area (Å²) in [6.07, 6.45) is 0. The largest absolute Gasteiger partial charge is 0.359 e. The minimum atomic E-state index is 0.647. The van der Waals surface area contributed by atoms with Gasteiger partial charge in [0.2, 0.25) is 0 Å². The van der Waals surface area contributed by atoms with Gasteiger partial charge in [-0.1, -0.05) is 17.7 Å². The smallest absolute Gasteiger partial charge is 0.119 e. The van der Waals surface area contributed by atoms with Crippen molar-refractivity contribution in [2.24, 2.45) is 20.5 Å². The fourth-order valence-corrected chi connectivity index (χ4v) is 2.78. The first kappa shape index (κ1) is 18.0. The molecule has 0 saturated carbocycles. The van der Waals surface area contributed by atoms with Gasteiger partial charge in [0.25, 0.3) is 0 Å². The third kappa shape index (κ3) is 4.66. The molecule has 0 spiro atoms. The molecule has 0 aromatic heterocycles. The molecule has 6 heteroatoms. The van der Waals surface area contributed by atoms with E-state index in [0.717, 1.165) is 41.6 Å². The molecule has 0 unspecified atom stereocenters. The molecule has 0 bridgehead atoms. The first-order chi connectivity index (χ1) is 13.8. The standard InChI is InChI=1S/C22H21N5O/c1-17-2-4-18(5-3-17)23-24-19-6-8-20(9-7-19)25-26-21-10-12-22(13-11-21)27-14-15-28-16-27/h2-13H,14-16H2,1H3. The van der Waals surface area contributed by atoms with Crippen LogP contribution in [0.1, 0.15) is 5.56 Å². The predicted molar refractivity (Wildman–Crippen MR) is 111 cm³/mol. The molecular weight excluding hydrogens is 350 g/mol. The lowest BCUT2D eigenvalue weighted by molar-refractivity contribution is 0.201. The van der Waals surface area contributed by atoms with Crippen molar-refractivity contribution >= 4 is 28.4 Å². The third-order valence-electron chi connectivity index (χ3n) is 4.41. The van der Waals surface area contributed by atoms with E-state index < -0.39 is 0 Å². The average molecular weight is 371 g/mol. The molecule has 0 aliphatic carbocycles. The van der Waals surface area contributed by atoms with Gasteiger partial charge in [-0.15, -0.1) is 0 Å². The number of hydrogen-bond acceptors (Lipinski definition) is 6. The molecule has 0 radical (unpaired) electrons. The zero-order chi connectivity index (χ0) is 19.2. The van der Waals surface area contributed by atoms with Crippen LogP contribution in [0.5, 0.6) is 0 Å². The van der Waals surface area contributed by atoms with Crippen LogP contribution in [0.25, 0.3) is 0 Å². The Labute approximate surface area is 164 Å². The van der Waals surface area contributed by atoms with Crippen LogP contribution in [0, 0.1) is 6.92 Å². The van der Waals surface area contributed by atoms with E-state index in [9.17, 15) is 0 Å². The summed E-state index contributed by atoms with van der Waals surface area (Å²) >= 11 is 0. The van der Waals surface area contributed by atoms with Crippen LogP contribution in [0.3, 0.4) is 0 Å². The van der Waals surface area contributed by atoms with Gasteiger partial charge in [-0.2, -0.15) is 20.5 Å². The highest BCUT2D eigenvalue weighted by atomic mass is 16.5. The molecule has 28 heavy (non-hydrogen) atoms. The maximum atomic E-state index is 5.37. The second-order valence-corrected chi connectivity index (χ2v) is 6.57. The molecule has 3 aromatic carbocycles. The first-order valence-corrected chi connectivity index (χ1v) is 9.19. The summed E-state index contributed by atoms with van der Waals surface area (Å²) in [5, 5.41) is 17.1. The van der Waals surface area contributed by atoms with Crippen LogP contribution >= 0.6 is 0 Å². The molecule has 0 atom stereocenters. The maximum absolute atomic E-state index is 5.37. The molecule has 6 nitrogen and oxygen atoms in total. The molecule has 3 aromatic rings. The topological polar surface area (TPSA) is 61.9 Å². The maximum Gasteiger partial charge on any atom is 0.119 e. The molecule has 1 heterocycles. The lowest BCUT2D eigenvalue weighted by Gasteiger charge is -2.15. The summed E-state index contributed by atoms with van der Waals surface area (Å²) < 4.78 is 5.37. The van der Waals surface area contributed by atoms with Crippen molar-refractivity contribution in [2.45, 2.75) is 6.92 Å². The number of nitrogens with zero attached hydrogens (tertiary/aromatic N) is 5. The Morgan fingerprint density at radius 3 is 1.50 bits per heavy atom. The van der Waals surface area contributed by atoms with Crippen LogP contribution in [-0.4, -0.2) is 19.9 Å². The lowest BCUT2D eigenvalue weighted by atomic mass is 10.2. The molecule has 1 fully saturated rings. The third-order valence-corrected chi connectivity index (χ3v) is 4.41. The van der Waals surface area contributed by atoms with Gasteiger partial charge in [-0.25, -0.2) is 0 Å².